The molecule has 0 amide bonds. The van der Waals surface area contributed by atoms with E-state index in [1.807, 2.05) is 0 Å². The molecule has 0 atom stereocenters. The van der Waals surface area contributed by atoms with Crippen molar-refractivity contribution in [3.05, 3.63) is 234 Å². The highest BCUT2D eigenvalue weighted by Gasteiger charge is 2.52. The summed E-state index contributed by atoms with van der Waals surface area (Å²) in [5.41, 5.74) is 21.4. The molecule has 0 N–H and O–H groups in total. The van der Waals surface area contributed by atoms with Crippen molar-refractivity contribution >= 4 is 27.8 Å². The van der Waals surface area contributed by atoms with Gasteiger partial charge >= 0.3 is 0 Å². The second-order valence-corrected chi connectivity index (χ2v) is 16.4. The van der Waals surface area contributed by atoms with Crippen molar-refractivity contribution in [1.82, 2.24) is 0 Å². The third kappa shape index (κ3) is 4.24. The SMILES string of the molecule is CC1(C)c2ccccc2-c2ccc(N(c3cccc4c3-c3ccccc3C43c4ccccc4-c4ccccc43)c3ccc(-c4ccccc4)c4ccccc34)cc21. The molecule has 0 saturated carbocycles. The van der Waals surface area contributed by atoms with E-state index in [0.717, 1.165) is 11.4 Å². The Kier molecular flexibility index (Phi) is 6.67. The molecule has 0 aromatic heterocycles. The van der Waals surface area contributed by atoms with Gasteiger partial charge in [0.1, 0.15) is 0 Å². The van der Waals surface area contributed by atoms with Crippen LogP contribution in [0.5, 0.6) is 0 Å². The molecule has 1 spiro atoms. The molecular formula is C56H39N. The van der Waals surface area contributed by atoms with Crippen LogP contribution in [-0.4, -0.2) is 0 Å². The monoisotopic (exact) mass is 725 g/mol. The van der Waals surface area contributed by atoms with Gasteiger partial charge in [-0.15, -0.1) is 0 Å². The Morgan fingerprint density at radius 2 is 0.842 bits per heavy atom. The maximum Gasteiger partial charge on any atom is 0.0726 e. The zero-order chi connectivity index (χ0) is 37.9. The lowest BCUT2D eigenvalue weighted by Crippen LogP contribution is -2.26. The molecule has 268 valence electrons. The first-order chi connectivity index (χ1) is 28.1. The Morgan fingerprint density at radius 3 is 1.54 bits per heavy atom. The quantitative estimate of drug-likeness (QED) is 0.175. The van der Waals surface area contributed by atoms with Crippen LogP contribution >= 0.6 is 0 Å². The molecule has 0 unspecified atom stereocenters. The van der Waals surface area contributed by atoms with Crippen LogP contribution in [0.4, 0.5) is 17.1 Å². The minimum absolute atomic E-state index is 0.139. The average molecular weight is 726 g/mol. The zero-order valence-electron chi connectivity index (χ0n) is 32.0. The Labute approximate surface area is 334 Å². The van der Waals surface area contributed by atoms with Crippen molar-refractivity contribution in [3.8, 4) is 44.5 Å². The Balaban J connectivity index is 1.18. The second kappa shape index (κ2) is 11.8. The highest BCUT2D eigenvalue weighted by atomic mass is 15.1. The van der Waals surface area contributed by atoms with Crippen molar-refractivity contribution < 1.29 is 0 Å². The Hall–Kier alpha value is -6.96. The summed E-state index contributed by atoms with van der Waals surface area (Å²) in [6.07, 6.45) is 0. The highest BCUT2D eigenvalue weighted by molar-refractivity contribution is 6.09. The fraction of sp³-hybridized carbons (Fsp3) is 0.0714. The number of hydrogen-bond donors (Lipinski definition) is 0. The highest BCUT2D eigenvalue weighted by Crippen LogP contribution is 2.65. The third-order valence-corrected chi connectivity index (χ3v) is 13.3. The van der Waals surface area contributed by atoms with E-state index in [2.05, 4.69) is 219 Å². The summed E-state index contributed by atoms with van der Waals surface area (Å²) in [6.45, 7) is 4.76. The molecule has 12 rings (SSSR count). The van der Waals surface area contributed by atoms with E-state index in [1.54, 1.807) is 0 Å². The van der Waals surface area contributed by atoms with Gasteiger partial charge in [-0.1, -0.05) is 190 Å². The van der Waals surface area contributed by atoms with Crippen molar-refractivity contribution in [1.29, 1.82) is 0 Å². The number of anilines is 3. The fourth-order valence-corrected chi connectivity index (χ4v) is 10.9. The number of nitrogens with zero attached hydrogens (tertiary/aromatic N) is 1. The maximum atomic E-state index is 2.57. The molecule has 0 bridgehead atoms. The van der Waals surface area contributed by atoms with Gasteiger partial charge in [0.2, 0.25) is 0 Å². The first-order valence-electron chi connectivity index (χ1n) is 20.1. The van der Waals surface area contributed by atoms with Gasteiger partial charge in [-0.3, -0.25) is 0 Å². The lowest BCUT2D eigenvalue weighted by Gasteiger charge is -2.33. The van der Waals surface area contributed by atoms with Gasteiger partial charge in [-0.25, -0.2) is 0 Å². The van der Waals surface area contributed by atoms with Crippen LogP contribution < -0.4 is 4.90 Å². The van der Waals surface area contributed by atoms with Crippen molar-refractivity contribution in [2.75, 3.05) is 4.90 Å². The molecule has 3 aliphatic carbocycles. The van der Waals surface area contributed by atoms with Gasteiger partial charge < -0.3 is 4.90 Å². The van der Waals surface area contributed by atoms with E-state index in [1.165, 1.54) is 94.3 Å². The van der Waals surface area contributed by atoms with Crippen LogP contribution in [0.1, 0.15) is 47.2 Å². The summed E-state index contributed by atoms with van der Waals surface area (Å²) in [5, 5.41) is 2.46. The van der Waals surface area contributed by atoms with Crippen molar-refractivity contribution in [2.45, 2.75) is 24.7 Å². The fourth-order valence-electron chi connectivity index (χ4n) is 10.9. The lowest BCUT2D eigenvalue weighted by atomic mass is 9.70. The standard InChI is InChI=1S/C56H39N/c1-55(2)46-25-12-8-20-40(46)43-32-31-37(35-51(43)55)57(52-34-33-38(36-17-4-3-5-18-36)39-19-6-7-23-44(39)52)53-30-16-29-50-54(53)45-24-11-15-28-49(45)56(50)47-26-13-9-21-41(47)42-22-10-14-27-48(42)56/h3-35H,1-2H3. The number of hydrogen-bond acceptors (Lipinski definition) is 1. The number of rotatable bonds is 4. The van der Waals surface area contributed by atoms with Crippen LogP contribution in [0.2, 0.25) is 0 Å². The predicted molar refractivity (Wildman–Crippen MR) is 238 cm³/mol. The molecule has 1 heteroatoms. The van der Waals surface area contributed by atoms with E-state index < -0.39 is 5.41 Å². The summed E-state index contributed by atoms with van der Waals surface area (Å²) >= 11 is 0. The minimum Gasteiger partial charge on any atom is -0.309 e. The number of fused-ring (bicyclic) bond motifs is 14. The third-order valence-electron chi connectivity index (χ3n) is 13.3. The average Bonchev–Trinajstić information content (AvgIpc) is 3.83. The predicted octanol–water partition coefficient (Wildman–Crippen LogP) is 14.6. The Morgan fingerprint density at radius 1 is 0.333 bits per heavy atom. The van der Waals surface area contributed by atoms with E-state index in [9.17, 15) is 0 Å². The summed E-state index contributed by atoms with van der Waals surface area (Å²) in [4.78, 5) is 2.57. The molecule has 0 saturated heterocycles. The van der Waals surface area contributed by atoms with Gasteiger partial charge in [0, 0.05) is 22.1 Å². The minimum atomic E-state index is -0.429. The first-order valence-corrected chi connectivity index (χ1v) is 20.1. The van der Waals surface area contributed by atoms with Gasteiger partial charge in [-0.05, 0) is 102 Å². The summed E-state index contributed by atoms with van der Waals surface area (Å²) in [6, 6.07) is 75.0. The normalized spacial score (nSPS) is 14.4. The lowest BCUT2D eigenvalue weighted by molar-refractivity contribution is 0.660. The van der Waals surface area contributed by atoms with Crippen molar-refractivity contribution in [3.63, 3.8) is 0 Å². The first kappa shape index (κ1) is 32.3. The van der Waals surface area contributed by atoms with Gasteiger partial charge in [0.25, 0.3) is 0 Å². The van der Waals surface area contributed by atoms with Gasteiger partial charge in [0.05, 0.1) is 16.8 Å². The molecule has 0 aliphatic heterocycles. The van der Waals surface area contributed by atoms with Crippen molar-refractivity contribution in [2.24, 2.45) is 0 Å². The number of benzene rings is 9. The maximum absolute atomic E-state index is 2.57. The van der Waals surface area contributed by atoms with E-state index in [0.29, 0.717) is 0 Å². The summed E-state index contributed by atoms with van der Waals surface area (Å²) < 4.78 is 0. The van der Waals surface area contributed by atoms with E-state index >= 15 is 0 Å². The molecule has 0 fully saturated rings. The van der Waals surface area contributed by atoms with E-state index in [-0.39, 0.29) is 5.41 Å². The molecule has 3 aliphatic rings. The van der Waals surface area contributed by atoms with Crippen LogP contribution in [0.25, 0.3) is 55.3 Å². The summed E-state index contributed by atoms with van der Waals surface area (Å²) in [7, 11) is 0. The van der Waals surface area contributed by atoms with Crippen LogP contribution in [0, 0.1) is 0 Å². The topological polar surface area (TPSA) is 3.24 Å². The van der Waals surface area contributed by atoms with E-state index in [4.69, 9.17) is 0 Å². The molecule has 57 heavy (non-hydrogen) atoms. The molecule has 0 heterocycles. The molecular weight excluding hydrogens is 687 g/mol. The largest absolute Gasteiger partial charge is 0.309 e. The van der Waals surface area contributed by atoms with Crippen LogP contribution in [-0.2, 0) is 10.8 Å². The Bertz CT molecular complexity index is 3070. The van der Waals surface area contributed by atoms with Gasteiger partial charge in [0.15, 0.2) is 0 Å². The smallest absolute Gasteiger partial charge is 0.0726 e. The van der Waals surface area contributed by atoms with Gasteiger partial charge in [-0.2, -0.15) is 0 Å². The zero-order valence-corrected chi connectivity index (χ0v) is 32.0. The molecule has 1 nitrogen and oxygen atoms in total. The molecule has 0 radical (unpaired) electrons. The van der Waals surface area contributed by atoms with Crippen LogP contribution in [0.15, 0.2) is 200 Å². The second-order valence-electron chi connectivity index (χ2n) is 16.4. The van der Waals surface area contributed by atoms with Crippen LogP contribution in [0.3, 0.4) is 0 Å². The molecule has 9 aromatic carbocycles. The molecule has 9 aromatic rings. The summed E-state index contributed by atoms with van der Waals surface area (Å²) in [5.74, 6) is 0.